The van der Waals surface area contributed by atoms with Crippen molar-refractivity contribution in [1.29, 1.82) is 0 Å². The molecule has 2 aliphatic heterocycles. The summed E-state index contributed by atoms with van der Waals surface area (Å²) in [5.74, 6) is -0.117. The van der Waals surface area contributed by atoms with E-state index in [-0.39, 0.29) is 48.8 Å². The van der Waals surface area contributed by atoms with Gasteiger partial charge in [-0.15, -0.1) is 0 Å². The lowest BCUT2D eigenvalue weighted by atomic mass is 9.83. The molecule has 2 fully saturated rings. The van der Waals surface area contributed by atoms with Crippen LogP contribution in [0.5, 0.6) is 0 Å². The van der Waals surface area contributed by atoms with Gasteiger partial charge >= 0.3 is 0 Å². The summed E-state index contributed by atoms with van der Waals surface area (Å²) in [6, 6.07) is 34.2. The van der Waals surface area contributed by atoms with E-state index in [1.165, 1.54) is 0 Å². The molecule has 0 amide bonds. The summed E-state index contributed by atoms with van der Waals surface area (Å²) in [5.41, 5.74) is 4.57. The number of benzene rings is 4. The van der Waals surface area contributed by atoms with Crippen LogP contribution in [0.4, 0.5) is 0 Å². The van der Waals surface area contributed by atoms with Crippen molar-refractivity contribution in [3.8, 4) is 0 Å². The highest BCUT2D eigenvalue weighted by atomic mass is 32.2. The lowest BCUT2D eigenvalue weighted by molar-refractivity contribution is -0.264. The first kappa shape index (κ1) is 31.6. The normalized spacial score (nSPS) is 24.1. The fraction of sp³-hybridized carbons (Fsp3) is 0.333. The van der Waals surface area contributed by atoms with Crippen LogP contribution in [0.1, 0.15) is 59.0 Å². The monoisotopic (exact) mass is 628 g/mol. The van der Waals surface area contributed by atoms with Gasteiger partial charge in [-0.1, -0.05) is 97.1 Å². The van der Waals surface area contributed by atoms with Gasteiger partial charge in [0.1, 0.15) is 0 Å². The molecule has 0 bridgehead atoms. The minimum Gasteiger partial charge on any atom is -0.395 e. The Bertz CT molecular complexity index is 1620. The van der Waals surface area contributed by atoms with Gasteiger partial charge in [-0.2, -0.15) is 0 Å². The van der Waals surface area contributed by atoms with Crippen LogP contribution >= 0.6 is 0 Å². The first-order chi connectivity index (χ1) is 21.9. The molecule has 0 aliphatic carbocycles. The molecule has 2 saturated heterocycles. The molecule has 4 aromatic carbocycles. The summed E-state index contributed by atoms with van der Waals surface area (Å²) in [4.78, 5) is 2.56. The lowest BCUT2D eigenvalue weighted by Crippen LogP contribution is -2.46. The third-order valence-electron chi connectivity index (χ3n) is 8.87. The van der Waals surface area contributed by atoms with Crippen LogP contribution in [-0.2, 0) is 32.6 Å². The molecule has 3 N–H and O–H groups in total. The number of aliphatic hydroxyl groups excluding tert-OH is 2. The number of likely N-dealkylation sites (tertiary alicyclic amines) is 1. The molecule has 4 aromatic rings. The van der Waals surface area contributed by atoms with Gasteiger partial charge in [0.05, 0.1) is 30.3 Å². The third-order valence-corrected chi connectivity index (χ3v) is 10.3. The maximum atomic E-state index is 12.7. The largest absolute Gasteiger partial charge is 0.395 e. The molecule has 2 heterocycles. The Labute approximate surface area is 265 Å². The van der Waals surface area contributed by atoms with Crippen LogP contribution in [0.25, 0.3) is 0 Å². The van der Waals surface area contributed by atoms with Crippen LogP contribution in [0.3, 0.4) is 0 Å². The standard InChI is InChI=1S/C36H40N2O6S/c39-24-27-15-17-29(18-16-27)35-34(28-8-3-1-4-9-28)33(23-38-21-7-10-31(38)25-40)43-36(44-35)30-19-13-26(14-20-30)22-37-45(41,42)32-11-5-2-6-12-32/h1-6,8-9,11-20,31,33-37,39-40H,7,10,21-25H2. The van der Waals surface area contributed by atoms with Gasteiger partial charge in [-0.25, -0.2) is 13.1 Å². The average Bonchev–Trinajstić information content (AvgIpc) is 3.55. The number of hydrogen-bond donors (Lipinski definition) is 3. The number of nitrogens with one attached hydrogen (secondary N) is 1. The van der Waals surface area contributed by atoms with E-state index in [9.17, 15) is 18.6 Å². The van der Waals surface area contributed by atoms with Gasteiger partial charge in [-0.05, 0) is 53.8 Å². The highest BCUT2D eigenvalue weighted by molar-refractivity contribution is 7.89. The topological polar surface area (TPSA) is 108 Å². The second-order valence-electron chi connectivity index (χ2n) is 11.8. The van der Waals surface area contributed by atoms with Crippen molar-refractivity contribution >= 4 is 10.0 Å². The van der Waals surface area contributed by atoms with Crippen LogP contribution in [0.15, 0.2) is 114 Å². The quantitative estimate of drug-likeness (QED) is 0.213. The molecule has 45 heavy (non-hydrogen) atoms. The highest BCUT2D eigenvalue weighted by Gasteiger charge is 2.43. The van der Waals surface area contributed by atoms with Crippen molar-refractivity contribution in [2.75, 3.05) is 19.7 Å². The maximum absolute atomic E-state index is 12.7. The molecular formula is C36H40N2O6S. The second-order valence-corrected chi connectivity index (χ2v) is 13.5. The number of sulfonamides is 1. The predicted molar refractivity (Wildman–Crippen MR) is 172 cm³/mol. The molecular weight excluding hydrogens is 588 g/mol. The van der Waals surface area contributed by atoms with Crippen molar-refractivity contribution in [3.05, 3.63) is 137 Å². The van der Waals surface area contributed by atoms with Gasteiger partial charge in [0.25, 0.3) is 0 Å². The van der Waals surface area contributed by atoms with Crippen LogP contribution in [-0.4, -0.2) is 55.4 Å². The number of hydrogen-bond acceptors (Lipinski definition) is 7. The molecule has 0 aromatic heterocycles. The Balaban J connectivity index is 1.28. The van der Waals surface area contributed by atoms with Gasteiger partial charge in [0.2, 0.25) is 10.0 Å². The zero-order valence-corrected chi connectivity index (χ0v) is 25.9. The molecule has 9 heteroatoms. The van der Waals surface area contributed by atoms with Gasteiger partial charge in [0.15, 0.2) is 6.29 Å². The van der Waals surface area contributed by atoms with E-state index < -0.39 is 16.3 Å². The van der Waals surface area contributed by atoms with E-state index in [1.807, 2.05) is 66.7 Å². The fourth-order valence-corrected chi connectivity index (χ4v) is 7.43. The first-order valence-corrected chi connectivity index (χ1v) is 17.0. The van der Waals surface area contributed by atoms with Crippen molar-refractivity contribution in [2.24, 2.45) is 0 Å². The Kier molecular flexibility index (Phi) is 10.1. The van der Waals surface area contributed by atoms with E-state index in [4.69, 9.17) is 9.47 Å². The predicted octanol–water partition coefficient (Wildman–Crippen LogP) is 5.05. The van der Waals surface area contributed by atoms with Crippen molar-refractivity contribution < 1.29 is 28.1 Å². The fourth-order valence-electron chi connectivity index (χ4n) is 6.39. The number of rotatable bonds is 11. The van der Waals surface area contributed by atoms with Crippen LogP contribution in [0, 0.1) is 0 Å². The average molecular weight is 629 g/mol. The van der Waals surface area contributed by atoms with Gasteiger partial charge in [-0.3, -0.25) is 4.90 Å². The van der Waals surface area contributed by atoms with Crippen LogP contribution < -0.4 is 4.72 Å². The summed E-state index contributed by atoms with van der Waals surface area (Å²) in [6.07, 6.45) is 0.758. The van der Waals surface area contributed by atoms with Crippen molar-refractivity contribution in [1.82, 2.24) is 9.62 Å². The molecule has 0 saturated carbocycles. The number of ether oxygens (including phenoxy) is 2. The summed E-state index contributed by atoms with van der Waals surface area (Å²) in [7, 11) is -3.63. The Hall–Kier alpha value is -3.41. The zero-order chi connectivity index (χ0) is 31.2. The Morgan fingerprint density at radius 2 is 1.40 bits per heavy atom. The number of nitrogens with zero attached hydrogens (tertiary/aromatic N) is 1. The highest BCUT2D eigenvalue weighted by Crippen LogP contribution is 2.47. The molecule has 5 unspecified atom stereocenters. The molecule has 236 valence electrons. The first-order valence-electron chi connectivity index (χ1n) is 15.5. The van der Waals surface area contributed by atoms with Crippen molar-refractivity contribution in [3.63, 3.8) is 0 Å². The second kappa shape index (κ2) is 14.3. The minimum atomic E-state index is -3.63. The van der Waals surface area contributed by atoms with E-state index in [0.29, 0.717) is 6.54 Å². The van der Waals surface area contributed by atoms with E-state index >= 15 is 0 Å². The summed E-state index contributed by atoms with van der Waals surface area (Å²) in [6.45, 7) is 1.79. The van der Waals surface area contributed by atoms with Gasteiger partial charge < -0.3 is 19.7 Å². The summed E-state index contributed by atoms with van der Waals surface area (Å²) < 4.78 is 41.7. The smallest absolute Gasteiger partial charge is 0.240 e. The van der Waals surface area contributed by atoms with E-state index in [0.717, 1.165) is 47.2 Å². The SMILES string of the molecule is O=S(=O)(NCc1ccc(C2OC(CN3CCCC3CO)C(c3ccccc3)C(c3ccc(CO)cc3)O2)cc1)c1ccccc1. The molecule has 0 spiro atoms. The zero-order valence-electron chi connectivity index (χ0n) is 25.1. The summed E-state index contributed by atoms with van der Waals surface area (Å²) in [5, 5.41) is 19.7. The molecule has 2 aliphatic rings. The summed E-state index contributed by atoms with van der Waals surface area (Å²) >= 11 is 0. The van der Waals surface area contributed by atoms with E-state index in [1.54, 1.807) is 30.3 Å². The molecule has 6 rings (SSSR count). The van der Waals surface area contributed by atoms with E-state index in [2.05, 4.69) is 21.8 Å². The molecule has 8 nitrogen and oxygen atoms in total. The maximum Gasteiger partial charge on any atom is 0.240 e. The molecule has 5 atom stereocenters. The Morgan fingerprint density at radius 3 is 2.07 bits per heavy atom. The van der Waals surface area contributed by atoms with Gasteiger partial charge in [0, 0.05) is 30.6 Å². The number of aliphatic hydroxyl groups is 2. The third kappa shape index (κ3) is 7.37. The molecule has 0 radical (unpaired) electrons. The Morgan fingerprint density at radius 1 is 0.756 bits per heavy atom. The minimum absolute atomic E-state index is 0.0341. The van der Waals surface area contributed by atoms with Crippen LogP contribution in [0.2, 0.25) is 0 Å². The lowest BCUT2D eigenvalue weighted by Gasteiger charge is -2.44. The van der Waals surface area contributed by atoms with Crippen molar-refractivity contribution in [2.45, 2.75) is 61.3 Å².